The number of aliphatic carboxylic acids is 1. The Labute approximate surface area is 73.2 Å². The van der Waals surface area contributed by atoms with Gasteiger partial charge < -0.3 is 10.4 Å². The number of hydrogen-bond donors (Lipinski definition) is 2. The third kappa shape index (κ3) is 2.81. The van der Waals surface area contributed by atoms with Crippen LogP contribution in [0.15, 0.2) is 0 Å². The van der Waals surface area contributed by atoms with Crippen LogP contribution < -0.4 is 5.32 Å². The molecule has 0 amide bonds. The quantitative estimate of drug-likeness (QED) is 0.669. The molecule has 0 saturated heterocycles. The van der Waals surface area contributed by atoms with E-state index in [0.717, 1.165) is 25.7 Å². The van der Waals surface area contributed by atoms with Crippen LogP contribution in [0.3, 0.4) is 0 Å². The van der Waals surface area contributed by atoms with Crippen molar-refractivity contribution in [1.82, 2.24) is 5.32 Å². The van der Waals surface area contributed by atoms with Gasteiger partial charge in [0.25, 0.3) is 0 Å². The molecule has 1 fully saturated rings. The highest BCUT2D eigenvalue weighted by atomic mass is 16.4. The van der Waals surface area contributed by atoms with Crippen molar-refractivity contribution in [2.75, 3.05) is 0 Å². The summed E-state index contributed by atoms with van der Waals surface area (Å²) in [7, 11) is 0. The fraction of sp³-hybridized carbons (Fsp3) is 0.778. The first-order valence-electron chi connectivity index (χ1n) is 4.50. The number of carboxylic acid groups (broad SMARTS) is 1. The molecule has 1 radical (unpaired) electrons. The highest BCUT2D eigenvalue weighted by Crippen LogP contribution is 2.16. The smallest absolute Gasteiger partial charge is 0.320 e. The predicted molar refractivity (Wildman–Crippen MR) is 46.8 cm³/mol. The van der Waals surface area contributed by atoms with Crippen LogP contribution in [0.5, 0.6) is 0 Å². The third-order valence-corrected chi connectivity index (χ3v) is 2.29. The molecule has 0 aliphatic heterocycles. The first kappa shape index (κ1) is 9.52. The maximum atomic E-state index is 10.5. The Morgan fingerprint density at radius 1 is 1.58 bits per heavy atom. The maximum absolute atomic E-state index is 10.5. The van der Waals surface area contributed by atoms with Gasteiger partial charge >= 0.3 is 5.97 Å². The van der Waals surface area contributed by atoms with E-state index >= 15 is 0 Å². The summed E-state index contributed by atoms with van der Waals surface area (Å²) in [6.07, 6.45) is 6.66. The maximum Gasteiger partial charge on any atom is 0.320 e. The van der Waals surface area contributed by atoms with Gasteiger partial charge in [0, 0.05) is 6.04 Å². The standard InChI is InChI=1S/C9H16NO2/c1-7(9(11)12)10-8-5-3-2-4-6-8/h2,7-8,10H,3-6H2,1H3,(H,11,12). The second-order valence-electron chi connectivity index (χ2n) is 3.37. The minimum atomic E-state index is -0.760. The molecule has 1 unspecified atom stereocenters. The second kappa shape index (κ2) is 4.45. The first-order valence-corrected chi connectivity index (χ1v) is 4.50. The van der Waals surface area contributed by atoms with Crippen molar-refractivity contribution < 1.29 is 9.90 Å². The van der Waals surface area contributed by atoms with E-state index in [1.165, 1.54) is 0 Å². The van der Waals surface area contributed by atoms with Crippen molar-refractivity contribution in [2.24, 2.45) is 0 Å². The van der Waals surface area contributed by atoms with Crippen LogP contribution in [0, 0.1) is 6.42 Å². The molecular formula is C9H16NO2. The Hall–Kier alpha value is -0.570. The summed E-state index contributed by atoms with van der Waals surface area (Å²) in [5, 5.41) is 11.7. The summed E-state index contributed by atoms with van der Waals surface area (Å²) >= 11 is 0. The molecule has 2 N–H and O–H groups in total. The van der Waals surface area contributed by atoms with Crippen molar-refractivity contribution in [3.05, 3.63) is 6.42 Å². The van der Waals surface area contributed by atoms with Crippen molar-refractivity contribution >= 4 is 5.97 Å². The number of hydrogen-bond acceptors (Lipinski definition) is 2. The number of rotatable bonds is 3. The summed E-state index contributed by atoms with van der Waals surface area (Å²) in [6, 6.07) is -0.00537. The largest absolute Gasteiger partial charge is 0.480 e. The Bertz CT molecular complexity index is 153. The van der Waals surface area contributed by atoms with Gasteiger partial charge in [-0.2, -0.15) is 0 Å². The molecule has 1 rings (SSSR count). The van der Waals surface area contributed by atoms with E-state index in [-0.39, 0.29) is 0 Å². The molecule has 3 heteroatoms. The van der Waals surface area contributed by atoms with E-state index in [1.54, 1.807) is 6.92 Å². The van der Waals surface area contributed by atoms with Gasteiger partial charge in [-0.05, 0) is 39.0 Å². The van der Waals surface area contributed by atoms with Crippen molar-refractivity contribution in [3.8, 4) is 0 Å². The summed E-state index contributed by atoms with van der Waals surface area (Å²) in [5.74, 6) is -0.760. The lowest BCUT2D eigenvalue weighted by molar-refractivity contribution is -0.139. The van der Waals surface area contributed by atoms with E-state index in [0.29, 0.717) is 6.04 Å². The monoisotopic (exact) mass is 170 g/mol. The van der Waals surface area contributed by atoms with Crippen LogP contribution in [0.4, 0.5) is 0 Å². The number of nitrogens with one attached hydrogen (secondary N) is 1. The summed E-state index contributed by atoms with van der Waals surface area (Å²) < 4.78 is 0. The predicted octanol–water partition coefficient (Wildman–Crippen LogP) is 1.20. The van der Waals surface area contributed by atoms with Crippen LogP contribution in [0.1, 0.15) is 32.6 Å². The van der Waals surface area contributed by atoms with Crippen molar-refractivity contribution in [2.45, 2.75) is 44.7 Å². The second-order valence-corrected chi connectivity index (χ2v) is 3.37. The third-order valence-electron chi connectivity index (χ3n) is 2.29. The minimum absolute atomic E-state index is 0.404. The topological polar surface area (TPSA) is 49.3 Å². The van der Waals surface area contributed by atoms with Crippen molar-refractivity contribution in [1.29, 1.82) is 0 Å². The van der Waals surface area contributed by atoms with Gasteiger partial charge in [0.2, 0.25) is 0 Å². The van der Waals surface area contributed by atoms with Gasteiger partial charge in [0.1, 0.15) is 6.04 Å². The fourth-order valence-electron chi connectivity index (χ4n) is 1.52. The Morgan fingerprint density at radius 2 is 2.17 bits per heavy atom. The molecule has 1 aliphatic carbocycles. The Balaban J connectivity index is 2.24. The van der Waals surface area contributed by atoms with Crippen LogP contribution in [-0.4, -0.2) is 23.2 Å². The average molecular weight is 170 g/mol. The zero-order valence-electron chi connectivity index (χ0n) is 7.42. The van der Waals surface area contributed by atoms with Gasteiger partial charge in [0.05, 0.1) is 0 Å². The normalized spacial score (nSPS) is 22.1. The van der Waals surface area contributed by atoms with E-state index in [2.05, 4.69) is 11.7 Å². The molecule has 0 aromatic heterocycles. The van der Waals surface area contributed by atoms with Gasteiger partial charge in [0.15, 0.2) is 0 Å². The molecule has 3 nitrogen and oxygen atoms in total. The SMILES string of the molecule is CC(NC1CC[CH]CC1)C(=O)O. The highest BCUT2D eigenvalue weighted by Gasteiger charge is 2.18. The molecule has 1 atom stereocenters. The van der Waals surface area contributed by atoms with Gasteiger partial charge in [-0.1, -0.05) is 0 Å². The lowest BCUT2D eigenvalue weighted by Crippen LogP contribution is -2.42. The van der Waals surface area contributed by atoms with Crippen LogP contribution in [-0.2, 0) is 4.79 Å². The van der Waals surface area contributed by atoms with Crippen molar-refractivity contribution in [3.63, 3.8) is 0 Å². The van der Waals surface area contributed by atoms with Gasteiger partial charge in [-0.25, -0.2) is 0 Å². The number of carbonyl (C=O) groups is 1. The highest BCUT2D eigenvalue weighted by molar-refractivity contribution is 5.72. The van der Waals surface area contributed by atoms with Gasteiger partial charge in [-0.15, -0.1) is 0 Å². The molecule has 0 bridgehead atoms. The minimum Gasteiger partial charge on any atom is -0.480 e. The van der Waals surface area contributed by atoms with Crippen LogP contribution in [0.2, 0.25) is 0 Å². The van der Waals surface area contributed by atoms with E-state index in [1.807, 2.05) is 0 Å². The Morgan fingerprint density at radius 3 is 2.67 bits per heavy atom. The molecule has 0 aromatic rings. The fourth-order valence-corrected chi connectivity index (χ4v) is 1.52. The lowest BCUT2D eigenvalue weighted by atomic mass is 9.95. The van der Waals surface area contributed by atoms with E-state index in [4.69, 9.17) is 5.11 Å². The molecular weight excluding hydrogens is 154 g/mol. The molecule has 1 saturated carbocycles. The van der Waals surface area contributed by atoms with Gasteiger partial charge in [-0.3, -0.25) is 4.79 Å². The van der Waals surface area contributed by atoms with Crippen LogP contribution in [0.25, 0.3) is 0 Å². The molecule has 0 spiro atoms. The molecule has 0 heterocycles. The van der Waals surface area contributed by atoms with E-state index < -0.39 is 12.0 Å². The first-order chi connectivity index (χ1) is 5.70. The zero-order chi connectivity index (χ0) is 8.97. The number of carboxylic acids is 1. The molecule has 12 heavy (non-hydrogen) atoms. The van der Waals surface area contributed by atoms with Crippen LogP contribution >= 0.6 is 0 Å². The summed E-state index contributed by atoms with van der Waals surface area (Å²) in [4.78, 5) is 10.5. The average Bonchev–Trinajstić information content (AvgIpc) is 2.06. The summed E-state index contributed by atoms with van der Waals surface area (Å²) in [5.41, 5.74) is 0. The zero-order valence-corrected chi connectivity index (χ0v) is 7.42. The molecule has 69 valence electrons. The molecule has 1 aliphatic rings. The summed E-state index contributed by atoms with van der Waals surface area (Å²) in [6.45, 7) is 1.70. The van der Waals surface area contributed by atoms with E-state index in [9.17, 15) is 4.79 Å². The molecule has 0 aromatic carbocycles. The lowest BCUT2D eigenvalue weighted by Gasteiger charge is -2.24. The Kier molecular flexibility index (Phi) is 3.53.